The quantitative estimate of drug-likeness (QED) is 0.853. The first-order valence-electron chi connectivity index (χ1n) is 6.12. The molecular formula is C15H16ClN3O. The second kappa shape index (κ2) is 5.84. The van der Waals surface area contributed by atoms with E-state index in [9.17, 15) is 4.79 Å². The Kier molecular flexibility index (Phi) is 4.15. The van der Waals surface area contributed by atoms with Crippen LogP contribution in [0.15, 0.2) is 42.5 Å². The number of hydrogen-bond acceptors (Lipinski definition) is 3. The summed E-state index contributed by atoms with van der Waals surface area (Å²) in [5.41, 5.74) is 8.20. The summed E-state index contributed by atoms with van der Waals surface area (Å²) in [6.07, 6.45) is 0. The lowest BCUT2D eigenvalue weighted by Crippen LogP contribution is -2.15. The second-order valence-corrected chi connectivity index (χ2v) is 5.01. The monoisotopic (exact) mass is 289 g/mol. The highest BCUT2D eigenvalue weighted by Gasteiger charge is 2.13. The molecule has 2 aromatic rings. The SMILES string of the molecule is CN(C)c1ccc(NC(=O)c2c(N)cccc2Cl)cc1. The van der Waals surface area contributed by atoms with Gasteiger partial charge in [0, 0.05) is 31.2 Å². The number of nitrogens with zero attached hydrogens (tertiary/aromatic N) is 1. The van der Waals surface area contributed by atoms with Crippen molar-refractivity contribution in [3.8, 4) is 0 Å². The molecule has 5 heteroatoms. The Morgan fingerprint density at radius 2 is 1.80 bits per heavy atom. The van der Waals surface area contributed by atoms with Gasteiger partial charge in [-0.2, -0.15) is 0 Å². The lowest BCUT2D eigenvalue weighted by atomic mass is 10.1. The van der Waals surface area contributed by atoms with Crippen LogP contribution < -0.4 is 16.0 Å². The number of amides is 1. The van der Waals surface area contributed by atoms with Gasteiger partial charge in [-0.15, -0.1) is 0 Å². The Morgan fingerprint density at radius 1 is 1.15 bits per heavy atom. The molecule has 0 aliphatic heterocycles. The summed E-state index contributed by atoms with van der Waals surface area (Å²) in [4.78, 5) is 14.2. The number of benzene rings is 2. The first kappa shape index (κ1) is 14.2. The topological polar surface area (TPSA) is 58.4 Å². The average Bonchev–Trinajstić information content (AvgIpc) is 2.39. The maximum atomic E-state index is 12.2. The predicted molar refractivity (Wildman–Crippen MR) is 84.6 cm³/mol. The largest absolute Gasteiger partial charge is 0.398 e. The summed E-state index contributed by atoms with van der Waals surface area (Å²) < 4.78 is 0. The molecule has 3 N–H and O–H groups in total. The highest BCUT2D eigenvalue weighted by Crippen LogP contribution is 2.23. The van der Waals surface area contributed by atoms with Crippen LogP contribution in [0.1, 0.15) is 10.4 Å². The third-order valence-corrected chi connectivity index (χ3v) is 3.23. The van der Waals surface area contributed by atoms with Gasteiger partial charge in [-0.3, -0.25) is 4.79 Å². The van der Waals surface area contributed by atoms with Gasteiger partial charge in [0.2, 0.25) is 0 Å². The van der Waals surface area contributed by atoms with Crippen LogP contribution in [0.5, 0.6) is 0 Å². The molecule has 0 heterocycles. The molecule has 0 spiro atoms. The normalized spacial score (nSPS) is 10.2. The fourth-order valence-corrected chi connectivity index (χ4v) is 2.08. The van der Waals surface area contributed by atoms with Crippen molar-refractivity contribution >= 4 is 34.6 Å². The van der Waals surface area contributed by atoms with Crippen LogP contribution in [0.25, 0.3) is 0 Å². The maximum absolute atomic E-state index is 12.2. The van der Waals surface area contributed by atoms with Gasteiger partial charge in [-0.1, -0.05) is 17.7 Å². The molecule has 0 radical (unpaired) electrons. The Bertz CT molecular complexity index is 603. The maximum Gasteiger partial charge on any atom is 0.259 e. The molecule has 0 aliphatic carbocycles. The summed E-state index contributed by atoms with van der Waals surface area (Å²) >= 11 is 6.01. The molecule has 2 rings (SSSR count). The second-order valence-electron chi connectivity index (χ2n) is 4.60. The van der Waals surface area contributed by atoms with Crippen LogP contribution in [-0.4, -0.2) is 20.0 Å². The molecular weight excluding hydrogens is 274 g/mol. The fourth-order valence-electron chi connectivity index (χ4n) is 1.82. The van der Waals surface area contributed by atoms with Gasteiger partial charge in [0.1, 0.15) is 0 Å². The van der Waals surface area contributed by atoms with Gasteiger partial charge in [0.15, 0.2) is 0 Å². The Labute approximate surface area is 123 Å². The standard InChI is InChI=1S/C15H16ClN3O/c1-19(2)11-8-6-10(7-9-11)18-15(20)14-12(16)4-3-5-13(14)17/h3-9H,17H2,1-2H3,(H,18,20). The van der Waals surface area contributed by atoms with Gasteiger partial charge < -0.3 is 16.0 Å². The average molecular weight is 290 g/mol. The number of nitrogen functional groups attached to an aromatic ring is 1. The number of carbonyl (C=O) groups is 1. The summed E-state index contributed by atoms with van der Waals surface area (Å²) in [5, 5.41) is 3.12. The van der Waals surface area contributed by atoms with Crippen LogP contribution in [0, 0.1) is 0 Å². The summed E-state index contributed by atoms with van der Waals surface area (Å²) in [5.74, 6) is -0.314. The van der Waals surface area contributed by atoms with Crippen molar-refractivity contribution in [2.75, 3.05) is 30.0 Å². The zero-order valence-electron chi connectivity index (χ0n) is 11.4. The van der Waals surface area contributed by atoms with Gasteiger partial charge >= 0.3 is 0 Å². The predicted octanol–water partition coefficient (Wildman–Crippen LogP) is 3.24. The van der Waals surface area contributed by atoms with Crippen molar-refractivity contribution in [3.05, 3.63) is 53.1 Å². The molecule has 0 bridgehead atoms. The van der Waals surface area contributed by atoms with E-state index in [1.165, 1.54) is 0 Å². The number of carbonyl (C=O) groups excluding carboxylic acids is 1. The fraction of sp³-hybridized carbons (Fsp3) is 0.133. The van der Waals surface area contributed by atoms with E-state index in [4.69, 9.17) is 17.3 Å². The highest BCUT2D eigenvalue weighted by molar-refractivity contribution is 6.35. The first-order valence-corrected chi connectivity index (χ1v) is 6.49. The molecule has 0 unspecified atom stereocenters. The van der Waals surface area contributed by atoms with E-state index in [0.29, 0.717) is 22.0 Å². The van der Waals surface area contributed by atoms with E-state index in [1.54, 1.807) is 18.2 Å². The highest BCUT2D eigenvalue weighted by atomic mass is 35.5. The lowest BCUT2D eigenvalue weighted by molar-refractivity contribution is 0.102. The number of rotatable bonds is 3. The van der Waals surface area contributed by atoms with Gasteiger partial charge in [0.25, 0.3) is 5.91 Å². The molecule has 0 saturated heterocycles. The van der Waals surface area contributed by atoms with Crippen LogP contribution >= 0.6 is 11.6 Å². The molecule has 0 aromatic heterocycles. The molecule has 104 valence electrons. The van der Waals surface area contributed by atoms with Crippen molar-refractivity contribution in [1.29, 1.82) is 0 Å². The Morgan fingerprint density at radius 3 is 2.35 bits per heavy atom. The minimum Gasteiger partial charge on any atom is -0.398 e. The molecule has 0 atom stereocenters. The minimum atomic E-state index is -0.314. The zero-order chi connectivity index (χ0) is 14.7. The Hall–Kier alpha value is -2.20. The summed E-state index contributed by atoms with van der Waals surface area (Å²) in [7, 11) is 3.91. The lowest BCUT2D eigenvalue weighted by Gasteiger charge is -2.13. The number of nitrogens with one attached hydrogen (secondary N) is 1. The molecule has 2 aromatic carbocycles. The van der Waals surface area contributed by atoms with E-state index >= 15 is 0 Å². The summed E-state index contributed by atoms with van der Waals surface area (Å²) in [6.45, 7) is 0. The molecule has 0 saturated carbocycles. The van der Waals surface area contributed by atoms with E-state index in [0.717, 1.165) is 5.69 Å². The molecule has 1 amide bonds. The number of anilines is 3. The van der Waals surface area contributed by atoms with Gasteiger partial charge in [0.05, 0.1) is 10.6 Å². The van der Waals surface area contributed by atoms with Crippen LogP contribution in [-0.2, 0) is 0 Å². The molecule has 4 nitrogen and oxygen atoms in total. The number of halogens is 1. The molecule has 20 heavy (non-hydrogen) atoms. The summed E-state index contributed by atoms with van der Waals surface area (Å²) in [6, 6.07) is 12.5. The van der Waals surface area contributed by atoms with Crippen LogP contribution in [0.3, 0.4) is 0 Å². The van der Waals surface area contributed by atoms with Crippen molar-refractivity contribution in [1.82, 2.24) is 0 Å². The first-order chi connectivity index (χ1) is 9.49. The molecule has 0 fully saturated rings. The van der Waals surface area contributed by atoms with Crippen LogP contribution in [0.2, 0.25) is 5.02 Å². The van der Waals surface area contributed by atoms with E-state index in [2.05, 4.69) is 5.32 Å². The number of nitrogens with two attached hydrogens (primary N) is 1. The van der Waals surface area contributed by atoms with E-state index < -0.39 is 0 Å². The van der Waals surface area contributed by atoms with Crippen molar-refractivity contribution in [2.45, 2.75) is 0 Å². The zero-order valence-corrected chi connectivity index (χ0v) is 12.1. The van der Waals surface area contributed by atoms with Crippen molar-refractivity contribution < 1.29 is 4.79 Å². The van der Waals surface area contributed by atoms with Crippen molar-refractivity contribution in [3.63, 3.8) is 0 Å². The van der Waals surface area contributed by atoms with Crippen LogP contribution in [0.4, 0.5) is 17.1 Å². The molecule has 0 aliphatic rings. The minimum absolute atomic E-state index is 0.297. The van der Waals surface area contributed by atoms with Crippen molar-refractivity contribution in [2.24, 2.45) is 0 Å². The third-order valence-electron chi connectivity index (χ3n) is 2.91. The van der Waals surface area contributed by atoms with Gasteiger partial charge in [-0.25, -0.2) is 0 Å². The van der Waals surface area contributed by atoms with E-state index in [-0.39, 0.29) is 5.91 Å². The Balaban J connectivity index is 2.19. The third kappa shape index (κ3) is 3.03. The van der Waals surface area contributed by atoms with Gasteiger partial charge in [-0.05, 0) is 36.4 Å². The van der Waals surface area contributed by atoms with E-state index in [1.807, 2.05) is 43.3 Å². The smallest absolute Gasteiger partial charge is 0.259 e. The number of hydrogen-bond donors (Lipinski definition) is 2.